The molecule has 1 aromatic heterocycles. The minimum Gasteiger partial charge on any atom is -0.497 e. The predicted molar refractivity (Wildman–Crippen MR) is 104 cm³/mol. The first-order valence-corrected chi connectivity index (χ1v) is 8.85. The average molecular weight is 400 g/mol. The van der Waals surface area contributed by atoms with E-state index in [1.165, 1.54) is 31.4 Å². The van der Waals surface area contributed by atoms with Gasteiger partial charge in [-0.15, -0.1) is 0 Å². The van der Waals surface area contributed by atoms with Crippen LogP contribution in [0.15, 0.2) is 51.7 Å². The van der Waals surface area contributed by atoms with E-state index in [1.54, 1.807) is 18.2 Å². The van der Waals surface area contributed by atoms with Crippen molar-refractivity contribution in [3.8, 4) is 17.2 Å². The van der Waals surface area contributed by atoms with Gasteiger partial charge < -0.3 is 28.8 Å². The summed E-state index contributed by atoms with van der Waals surface area (Å²) in [4.78, 5) is 25.3. The van der Waals surface area contributed by atoms with Crippen LogP contribution >= 0.6 is 0 Å². The van der Waals surface area contributed by atoms with Crippen LogP contribution in [0.5, 0.6) is 17.2 Å². The molecule has 0 spiro atoms. The smallest absolute Gasteiger partial charge is 0.347 e. The summed E-state index contributed by atoms with van der Waals surface area (Å²) >= 11 is 0. The summed E-state index contributed by atoms with van der Waals surface area (Å²) in [6, 6.07) is 10.8. The van der Waals surface area contributed by atoms with Crippen molar-refractivity contribution in [1.82, 2.24) is 0 Å². The Morgan fingerprint density at radius 3 is 2.38 bits per heavy atom. The molecule has 8 heteroatoms. The average Bonchev–Trinajstić information content (AvgIpc) is 2.75. The van der Waals surface area contributed by atoms with Gasteiger partial charge in [0.2, 0.25) is 5.78 Å². The number of ether oxygens (including phenoxy) is 3. The number of aliphatic hydroxyl groups excluding tert-OH is 2. The number of fused-ring (bicyclic) bond motifs is 1. The number of hydrogen-bond donors (Lipinski definition) is 2. The predicted octanol–water partition coefficient (Wildman–Crippen LogP) is 1.77. The molecule has 0 aliphatic carbocycles. The van der Waals surface area contributed by atoms with Gasteiger partial charge in [0.1, 0.15) is 30.1 Å². The van der Waals surface area contributed by atoms with Crippen LogP contribution in [-0.2, 0) is 0 Å². The van der Waals surface area contributed by atoms with Gasteiger partial charge in [0, 0.05) is 17.0 Å². The monoisotopic (exact) mass is 400 g/mol. The Balaban J connectivity index is 1.98. The molecule has 29 heavy (non-hydrogen) atoms. The van der Waals surface area contributed by atoms with Gasteiger partial charge in [-0.3, -0.25) is 4.79 Å². The summed E-state index contributed by atoms with van der Waals surface area (Å²) < 4.78 is 21.2. The first kappa shape index (κ1) is 20.4. The zero-order chi connectivity index (χ0) is 20.8. The Morgan fingerprint density at radius 2 is 1.69 bits per heavy atom. The van der Waals surface area contributed by atoms with E-state index in [9.17, 15) is 9.59 Å². The Hall–Kier alpha value is -3.36. The molecule has 0 aliphatic heterocycles. The summed E-state index contributed by atoms with van der Waals surface area (Å²) in [6.45, 7) is -0.383. The summed E-state index contributed by atoms with van der Waals surface area (Å²) in [5, 5.41) is 18.5. The molecule has 8 nitrogen and oxygen atoms in total. The van der Waals surface area contributed by atoms with E-state index in [2.05, 4.69) is 0 Å². The molecule has 0 radical (unpaired) electrons. The molecule has 2 aromatic carbocycles. The number of benzene rings is 2. The Morgan fingerprint density at radius 1 is 0.966 bits per heavy atom. The number of rotatable bonds is 9. The largest absolute Gasteiger partial charge is 0.497 e. The van der Waals surface area contributed by atoms with E-state index in [1.807, 2.05) is 0 Å². The maximum atomic E-state index is 12.9. The fraction of sp³-hybridized carbons (Fsp3) is 0.238. The van der Waals surface area contributed by atoms with Gasteiger partial charge in [0.15, 0.2) is 11.5 Å². The van der Waals surface area contributed by atoms with Crippen LogP contribution in [-0.4, -0.2) is 49.5 Å². The van der Waals surface area contributed by atoms with Gasteiger partial charge in [-0.1, -0.05) is 0 Å². The topological polar surface area (TPSA) is 115 Å². The molecular formula is C21H20O8. The van der Waals surface area contributed by atoms with Crippen LogP contribution < -0.4 is 19.8 Å². The van der Waals surface area contributed by atoms with E-state index in [0.717, 1.165) is 0 Å². The van der Waals surface area contributed by atoms with Gasteiger partial charge in [0.25, 0.3) is 0 Å². The second kappa shape index (κ2) is 9.22. The van der Waals surface area contributed by atoms with Gasteiger partial charge in [-0.05, 0) is 36.4 Å². The number of methoxy groups -OCH3 is 1. The standard InChI is InChI=1S/C21H20O8/c1-26-15-4-2-13-10-16(21(25)29-18(13)12-15)20(24)14-3-5-17(27-8-6-22)19(11-14)28-9-7-23/h2-5,10-12,22-23H,6-9H2,1H3. The third-order valence-corrected chi connectivity index (χ3v) is 4.09. The van der Waals surface area contributed by atoms with Crippen molar-refractivity contribution >= 4 is 16.8 Å². The zero-order valence-electron chi connectivity index (χ0n) is 15.7. The van der Waals surface area contributed by atoms with E-state index >= 15 is 0 Å². The van der Waals surface area contributed by atoms with Crippen molar-refractivity contribution in [2.75, 3.05) is 33.5 Å². The molecule has 3 rings (SSSR count). The van der Waals surface area contributed by atoms with Gasteiger partial charge >= 0.3 is 5.63 Å². The number of aliphatic hydroxyl groups is 2. The van der Waals surface area contributed by atoms with Gasteiger partial charge in [-0.25, -0.2) is 4.79 Å². The third-order valence-electron chi connectivity index (χ3n) is 4.09. The van der Waals surface area contributed by atoms with Crippen molar-refractivity contribution in [2.24, 2.45) is 0 Å². The molecule has 0 saturated carbocycles. The molecule has 0 aliphatic rings. The van der Waals surface area contributed by atoms with Gasteiger partial charge in [0.05, 0.1) is 20.3 Å². The quantitative estimate of drug-likeness (QED) is 0.413. The number of hydrogen-bond acceptors (Lipinski definition) is 8. The highest BCUT2D eigenvalue weighted by atomic mass is 16.5. The molecule has 0 bridgehead atoms. The maximum Gasteiger partial charge on any atom is 0.347 e. The van der Waals surface area contributed by atoms with Crippen LogP contribution in [0, 0.1) is 0 Å². The van der Waals surface area contributed by atoms with Crippen molar-refractivity contribution in [3.05, 3.63) is 64.0 Å². The summed E-state index contributed by atoms with van der Waals surface area (Å²) in [6.07, 6.45) is 0. The highest BCUT2D eigenvalue weighted by Gasteiger charge is 2.18. The Bertz CT molecular complexity index is 1070. The minimum absolute atomic E-state index is 0.00687. The van der Waals surface area contributed by atoms with Crippen LogP contribution in [0.3, 0.4) is 0 Å². The fourth-order valence-electron chi connectivity index (χ4n) is 2.72. The second-order valence-electron chi connectivity index (χ2n) is 5.99. The molecule has 152 valence electrons. The first-order chi connectivity index (χ1) is 14.1. The molecule has 3 aromatic rings. The van der Waals surface area contributed by atoms with E-state index < -0.39 is 11.4 Å². The molecule has 1 heterocycles. The Kier molecular flexibility index (Phi) is 6.48. The third kappa shape index (κ3) is 4.56. The van der Waals surface area contributed by atoms with Crippen LogP contribution in [0.4, 0.5) is 0 Å². The lowest BCUT2D eigenvalue weighted by Crippen LogP contribution is -2.15. The van der Waals surface area contributed by atoms with E-state index in [0.29, 0.717) is 22.5 Å². The van der Waals surface area contributed by atoms with Crippen LogP contribution in [0.1, 0.15) is 15.9 Å². The van der Waals surface area contributed by atoms with Crippen molar-refractivity contribution in [1.29, 1.82) is 0 Å². The molecule has 0 fully saturated rings. The highest BCUT2D eigenvalue weighted by Crippen LogP contribution is 2.29. The van der Waals surface area contributed by atoms with Crippen LogP contribution in [0.2, 0.25) is 0 Å². The minimum atomic E-state index is -0.769. The van der Waals surface area contributed by atoms with Gasteiger partial charge in [-0.2, -0.15) is 0 Å². The summed E-state index contributed by atoms with van der Waals surface area (Å²) in [5.41, 5.74) is -0.394. The number of ketones is 1. The van der Waals surface area contributed by atoms with E-state index in [4.69, 9.17) is 28.8 Å². The van der Waals surface area contributed by atoms with Crippen molar-refractivity contribution < 1.29 is 33.6 Å². The molecule has 0 unspecified atom stereocenters. The molecule has 2 N–H and O–H groups in total. The molecule has 0 atom stereocenters. The SMILES string of the molecule is COc1ccc2cc(C(=O)c3ccc(OCCO)c(OCCO)c3)c(=O)oc2c1. The Labute approximate surface area is 165 Å². The van der Waals surface area contributed by atoms with E-state index in [-0.39, 0.29) is 43.3 Å². The highest BCUT2D eigenvalue weighted by molar-refractivity contribution is 6.10. The van der Waals surface area contributed by atoms with Crippen molar-refractivity contribution in [3.63, 3.8) is 0 Å². The number of carbonyl (C=O) groups excluding carboxylic acids is 1. The fourth-order valence-corrected chi connectivity index (χ4v) is 2.72. The normalized spacial score (nSPS) is 10.7. The first-order valence-electron chi connectivity index (χ1n) is 8.85. The summed E-state index contributed by atoms with van der Waals surface area (Å²) in [5.74, 6) is 0.512. The lowest BCUT2D eigenvalue weighted by Gasteiger charge is -2.13. The van der Waals surface area contributed by atoms with Crippen molar-refractivity contribution in [2.45, 2.75) is 0 Å². The summed E-state index contributed by atoms with van der Waals surface area (Å²) in [7, 11) is 1.50. The lowest BCUT2D eigenvalue weighted by atomic mass is 10.0. The molecule has 0 amide bonds. The van der Waals surface area contributed by atoms with Crippen LogP contribution in [0.25, 0.3) is 11.0 Å². The maximum absolute atomic E-state index is 12.9. The zero-order valence-corrected chi connectivity index (χ0v) is 15.7. The molecular weight excluding hydrogens is 380 g/mol. The number of carbonyl (C=O) groups is 1. The second-order valence-corrected chi connectivity index (χ2v) is 5.99. The molecule has 0 saturated heterocycles. The lowest BCUT2D eigenvalue weighted by molar-refractivity contribution is 0.103.